The average Bonchev–Trinajstić information content (AvgIpc) is 2.72. The van der Waals surface area contributed by atoms with Crippen LogP contribution >= 0.6 is 11.6 Å². The fourth-order valence-corrected chi connectivity index (χ4v) is 3.40. The van der Waals surface area contributed by atoms with Crippen molar-refractivity contribution in [1.82, 2.24) is 0 Å². The lowest BCUT2D eigenvalue weighted by atomic mass is 9.97. The van der Waals surface area contributed by atoms with E-state index in [0.29, 0.717) is 28.3 Å². The number of aliphatic carboxylic acids is 1. The number of anilines is 1. The van der Waals surface area contributed by atoms with Gasteiger partial charge in [0.25, 0.3) is 0 Å². The van der Waals surface area contributed by atoms with E-state index >= 15 is 0 Å². The fraction of sp³-hybridized carbons (Fsp3) is 0.348. The third kappa shape index (κ3) is 6.16. The highest BCUT2D eigenvalue weighted by Gasteiger charge is 2.24. The third-order valence-electron chi connectivity index (χ3n) is 5.05. The first-order valence-corrected chi connectivity index (χ1v) is 10.2. The molecular formula is C23H27ClN2O3. The summed E-state index contributed by atoms with van der Waals surface area (Å²) in [5, 5.41) is 18.3. The fourth-order valence-electron chi connectivity index (χ4n) is 3.23. The first kappa shape index (κ1) is 22.6. The van der Waals surface area contributed by atoms with Crippen molar-refractivity contribution in [3.63, 3.8) is 0 Å². The Labute approximate surface area is 176 Å². The van der Waals surface area contributed by atoms with Crippen LogP contribution in [0.3, 0.4) is 0 Å². The number of nitrogens with zero attached hydrogens (tertiary/aromatic N) is 1. The van der Waals surface area contributed by atoms with E-state index in [1.54, 1.807) is 18.2 Å². The van der Waals surface area contributed by atoms with Crippen LogP contribution in [0.4, 0.5) is 5.69 Å². The summed E-state index contributed by atoms with van der Waals surface area (Å²) in [5.74, 6) is -0.873. The van der Waals surface area contributed by atoms with Gasteiger partial charge >= 0.3 is 5.97 Å². The Hall–Kier alpha value is -2.66. The van der Waals surface area contributed by atoms with E-state index in [1.165, 1.54) is 4.90 Å². The Balaban J connectivity index is 2.47. The predicted molar refractivity (Wildman–Crippen MR) is 117 cm³/mol. The summed E-state index contributed by atoms with van der Waals surface area (Å²) in [6, 6.07) is 14.2. The Morgan fingerprint density at radius 1 is 1.10 bits per heavy atom. The Morgan fingerprint density at radius 3 is 2.34 bits per heavy atom. The third-order valence-corrected chi connectivity index (χ3v) is 5.28. The van der Waals surface area contributed by atoms with Gasteiger partial charge in [-0.3, -0.25) is 15.0 Å². The zero-order valence-electron chi connectivity index (χ0n) is 16.8. The summed E-state index contributed by atoms with van der Waals surface area (Å²) in [7, 11) is 0. The van der Waals surface area contributed by atoms with E-state index in [1.807, 2.05) is 44.2 Å². The van der Waals surface area contributed by atoms with Crippen molar-refractivity contribution in [2.75, 3.05) is 11.4 Å². The van der Waals surface area contributed by atoms with Crippen LogP contribution in [-0.2, 0) is 9.59 Å². The van der Waals surface area contributed by atoms with Gasteiger partial charge in [0.15, 0.2) is 0 Å². The molecule has 0 atom stereocenters. The van der Waals surface area contributed by atoms with E-state index in [0.717, 1.165) is 12.8 Å². The van der Waals surface area contributed by atoms with Gasteiger partial charge in [0.2, 0.25) is 5.91 Å². The number of hydrogen-bond acceptors (Lipinski definition) is 3. The lowest BCUT2D eigenvalue weighted by Gasteiger charge is -2.27. The Kier molecular flexibility index (Phi) is 8.40. The number of nitrogens with one attached hydrogen (secondary N) is 1. The Bertz CT molecular complexity index is 864. The number of rotatable bonds is 10. The lowest BCUT2D eigenvalue weighted by Crippen LogP contribution is -2.35. The van der Waals surface area contributed by atoms with Crippen molar-refractivity contribution in [2.45, 2.75) is 39.5 Å². The molecule has 2 rings (SSSR count). The number of carbonyl (C=O) groups excluding carboxylic acids is 1. The maximum atomic E-state index is 13.1. The topological polar surface area (TPSA) is 81.5 Å². The SMILES string of the molecule is CCC(CC)CC(=O)N(CCC(=O)O)c1ccc(Cl)cc1C(=N)c1ccccc1. The van der Waals surface area contributed by atoms with Crippen LogP contribution in [0.25, 0.3) is 0 Å². The molecular weight excluding hydrogens is 388 g/mol. The van der Waals surface area contributed by atoms with Crippen LogP contribution < -0.4 is 4.90 Å². The predicted octanol–water partition coefficient (Wildman–Crippen LogP) is 5.39. The normalized spacial score (nSPS) is 10.8. The summed E-state index contributed by atoms with van der Waals surface area (Å²) in [6.07, 6.45) is 1.92. The number of carboxylic acids is 1. The van der Waals surface area contributed by atoms with E-state index in [2.05, 4.69) is 0 Å². The number of hydrogen-bond donors (Lipinski definition) is 2. The molecule has 0 unspecified atom stereocenters. The minimum absolute atomic E-state index is 0.0466. The van der Waals surface area contributed by atoms with Gasteiger partial charge in [0.1, 0.15) is 0 Å². The molecule has 154 valence electrons. The molecule has 1 amide bonds. The lowest BCUT2D eigenvalue weighted by molar-refractivity contribution is -0.136. The number of benzene rings is 2. The molecule has 6 heteroatoms. The zero-order valence-corrected chi connectivity index (χ0v) is 17.6. The highest BCUT2D eigenvalue weighted by atomic mass is 35.5. The van der Waals surface area contributed by atoms with Gasteiger partial charge in [-0.05, 0) is 24.1 Å². The van der Waals surface area contributed by atoms with Gasteiger partial charge in [-0.15, -0.1) is 0 Å². The smallest absolute Gasteiger partial charge is 0.305 e. The second-order valence-corrected chi connectivity index (χ2v) is 7.41. The van der Waals surface area contributed by atoms with Crippen molar-refractivity contribution < 1.29 is 14.7 Å². The van der Waals surface area contributed by atoms with Gasteiger partial charge < -0.3 is 10.0 Å². The molecule has 0 aliphatic rings. The van der Waals surface area contributed by atoms with Crippen LogP contribution in [-0.4, -0.2) is 29.2 Å². The molecule has 0 saturated heterocycles. The number of carboxylic acid groups (broad SMARTS) is 1. The molecule has 0 radical (unpaired) electrons. The van der Waals surface area contributed by atoms with Crippen molar-refractivity contribution in [1.29, 1.82) is 5.41 Å². The second-order valence-electron chi connectivity index (χ2n) is 6.98. The summed E-state index contributed by atoms with van der Waals surface area (Å²) < 4.78 is 0. The number of amides is 1. The first-order valence-electron chi connectivity index (χ1n) is 9.83. The van der Waals surface area contributed by atoms with Crippen molar-refractivity contribution in [2.24, 2.45) is 5.92 Å². The molecule has 2 aromatic rings. The molecule has 0 aliphatic carbocycles. The molecule has 0 heterocycles. The summed E-state index contributed by atoms with van der Waals surface area (Å²) in [4.78, 5) is 25.8. The van der Waals surface area contributed by atoms with E-state index in [9.17, 15) is 9.59 Å². The minimum Gasteiger partial charge on any atom is -0.481 e. The molecule has 0 fully saturated rings. The quantitative estimate of drug-likeness (QED) is 0.511. The first-order chi connectivity index (χ1) is 13.9. The maximum Gasteiger partial charge on any atom is 0.305 e. The molecule has 2 aromatic carbocycles. The van der Waals surface area contributed by atoms with Crippen LogP contribution in [0.15, 0.2) is 48.5 Å². The summed E-state index contributed by atoms with van der Waals surface area (Å²) in [5.41, 5.74) is 1.95. The molecule has 0 aliphatic heterocycles. The molecule has 29 heavy (non-hydrogen) atoms. The van der Waals surface area contributed by atoms with Crippen LogP contribution in [0.1, 0.15) is 50.7 Å². The van der Waals surface area contributed by atoms with Gasteiger partial charge in [-0.2, -0.15) is 0 Å². The Morgan fingerprint density at radius 2 is 1.76 bits per heavy atom. The molecule has 0 aromatic heterocycles. The second kappa shape index (κ2) is 10.8. The average molecular weight is 415 g/mol. The van der Waals surface area contributed by atoms with Gasteiger partial charge in [-0.25, -0.2) is 0 Å². The molecule has 0 spiro atoms. The highest BCUT2D eigenvalue weighted by Crippen LogP contribution is 2.29. The minimum atomic E-state index is -0.973. The van der Waals surface area contributed by atoms with Gasteiger partial charge in [0, 0.05) is 29.1 Å². The van der Waals surface area contributed by atoms with Crippen LogP contribution in [0.5, 0.6) is 0 Å². The maximum absolute atomic E-state index is 13.1. The van der Waals surface area contributed by atoms with Gasteiger partial charge in [-0.1, -0.05) is 68.6 Å². The number of carbonyl (C=O) groups is 2. The van der Waals surface area contributed by atoms with E-state index in [-0.39, 0.29) is 30.5 Å². The standard InChI is InChI=1S/C23H27ClN2O3/c1-3-16(4-2)14-21(27)26(13-12-22(28)29)20-11-10-18(24)15-19(20)23(25)17-8-6-5-7-9-17/h5-11,15-16,25H,3-4,12-14H2,1-2H3,(H,28,29). The van der Waals surface area contributed by atoms with Crippen molar-refractivity contribution >= 4 is 34.9 Å². The van der Waals surface area contributed by atoms with E-state index in [4.69, 9.17) is 22.1 Å². The largest absolute Gasteiger partial charge is 0.481 e. The summed E-state index contributed by atoms with van der Waals surface area (Å²) in [6.45, 7) is 4.13. The number of halogens is 1. The van der Waals surface area contributed by atoms with Crippen molar-refractivity contribution in [3.05, 3.63) is 64.7 Å². The highest BCUT2D eigenvalue weighted by molar-refractivity contribution is 6.31. The summed E-state index contributed by atoms with van der Waals surface area (Å²) >= 11 is 6.20. The van der Waals surface area contributed by atoms with Crippen LogP contribution in [0, 0.1) is 11.3 Å². The molecule has 5 nitrogen and oxygen atoms in total. The monoisotopic (exact) mass is 414 g/mol. The van der Waals surface area contributed by atoms with Gasteiger partial charge in [0.05, 0.1) is 17.8 Å². The molecule has 0 saturated carbocycles. The molecule has 2 N–H and O–H groups in total. The van der Waals surface area contributed by atoms with Crippen LogP contribution in [0.2, 0.25) is 5.02 Å². The van der Waals surface area contributed by atoms with E-state index < -0.39 is 5.97 Å². The zero-order chi connectivity index (χ0) is 21.4. The molecule has 0 bridgehead atoms. The van der Waals surface area contributed by atoms with Crippen molar-refractivity contribution in [3.8, 4) is 0 Å².